The molecule has 0 heterocycles. The predicted molar refractivity (Wildman–Crippen MR) is 190 cm³/mol. The summed E-state index contributed by atoms with van der Waals surface area (Å²) in [5, 5.41) is 0. The van der Waals surface area contributed by atoms with E-state index in [1.54, 1.807) is 0 Å². The zero-order valence-electron chi connectivity index (χ0n) is 28.9. The predicted octanol–water partition coefficient (Wildman–Crippen LogP) is 10.6. The molecule has 0 radical (unpaired) electrons. The van der Waals surface area contributed by atoms with Crippen LogP contribution in [0.1, 0.15) is 78.1 Å². The molecule has 0 spiro atoms. The molecule has 0 aromatic heterocycles. The normalized spacial score (nSPS) is 12.7. The topological polar surface area (TPSA) is 36.9 Å². The van der Waals surface area contributed by atoms with Crippen molar-refractivity contribution in [3.63, 3.8) is 0 Å². The van der Waals surface area contributed by atoms with Gasteiger partial charge in [-0.2, -0.15) is 0 Å². The standard InChI is InChI=1S/C14H36O2Si3.C7H22O2Si3.C7H14/c1-8-9-10-11-12-13-14-17(15-18(2,3)4)16-19(5,6)7;1-10(8-11(2,3)4)9-12(5,6)7;1-3-5-7-6-4-2/h17H,8-14H2,1-7H3;10H,1-7H3;3H,1,4-7H2,2H3. The summed E-state index contributed by atoms with van der Waals surface area (Å²) in [6.45, 7) is 37.2. The minimum absolute atomic E-state index is 1.19. The molecule has 0 amide bonds. The molecule has 0 fully saturated rings. The van der Waals surface area contributed by atoms with E-state index in [9.17, 15) is 0 Å². The van der Waals surface area contributed by atoms with E-state index in [1.165, 1.54) is 70.3 Å². The van der Waals surface area contributed by atoms with Crippen LogP contribution in [0.15, 0.2) is 12.7 Å². The van der Waals surface area contributed by atoms with Gasteiger partial charge in [-0.25, -0.2) is 0 Å². The molecular weight excluding hydrogens is 569 g/mol. The summed E-state index contributed by atoms with van der Waals surface area (Å²) in [5.41, 5.74) is 0. The Hall–Kier alpha value is 0.881. The van der Waals surface area contributed by atoms with E-state index >= 15 is 0 Å². The van der Waals surface area contributed by atoms with Gasteiger partial charge in [-0.3, -0.25) is 0 Å². The molecule has 38 heavy (non-hydrogen) atoms. The van der Waals surface area contributed by atoms with Crippen molar-refractivity contribution in [2.45, 2.75) is 169 Å². The molecule has 0 N–H and O–H groups in total. The molecule has 0 aromatic rings. The smallest absolute Gasteiger partial charge is 0.300 e. The molecule has 0 aliphatic rings. The third-order valence-electron chi connectivity index (χ3n) is 4.81. The third-order valence-corrected chi connectivity index (χ3v) is 21.8. The number of allylic oxidation sites excluding steroid dienone is 1. The first kappa shape index (κ1) is 43.3. The summed E-state index contributed by atoms with van der Waals surface area (Å²) in [7, 11) is -8.35. The van der Waals surface area contributed by atoms with Gasteiger partial charge in [0.2, 0.25) is 0 Å². The summed E-state index contributed by atoms with van der Waals surface area (Å²) < 4.78 is 24.5. The van der Waals surface area contributed by atoms with Crippen LogP contribution in [0.4, 0.5) is 0 Å². The second-order valence-electron chi connectivity index (χ2n) is 14.3. The van der Waals surface area contributed by atoms with Crippen molar-refractivity contribution >= 4 is 51.8 Å². The van der Waals surface area contributed by atoms with Crippen LogP contribution in [-0.2, 0) is 16.5 Å². The Balaban J connectivity index is -0.000000547. The van der Waals surface area contributed by atoms with Crippen molar-refractivity contribution in [3.8, 4) is 0 Å². The van der Waals surface area contributed by atoms with Gasteiger partial charge in [0.05, 0.1) is 0 Å². The van der Waals surface area contributed by atoms with Crippen molar-refractivity contribution in [2.24, 2.45) is 0 Å². The lowest BCUT2D eigenvalue weighted by Crippen LogP contribution is -2.43. The Labute approximate surface area is 249 Å². The van der Waals surface area contributed by atoms with E-state index < -0.39 is 51.8 Å². The minimum Gasteiger partial charge on any atom is -0.439 e. The fourth-order valence-corrected chi connectivity index (χ4v) is 20.7. The molecule has 0 aliphatic carbocycles. The average molecular weight is 641 g/mol. The molecule has 4 nitrogen and oxygen atoms in total. The Bertz CT molecular complexity index is 505. The van der Waals surface area contributed by atoms with Crippen molar-refractivity contribution in [2.75, 3.05) is 0 Å². The highest BCUT2D eigenvalue weighted by molar-refractivity contribution is 6.81. The Morgan fingerprint density at radius 1 is 0.526 bits per heavy atom. The van der Waals surface area contributed by atoms with Crippen LogP contribution in [0.3, 0.4) is 0 Å². The first-order valence-electron chi connectivity index (χ1n) is 15.5. The molecule has 0 aliphatic heterocycles. The van der Waals surface area contributed by atoms with Crippen molar-refractivity contribution in [1.82, 2.24) is 0 Å². The highest BCUT2D eigenvalue weighted by Crippen LogP contribution is 2.18. The van der Waals surface area contributed by atoms with Crippen LogP contribution < -0.4 is 0 Å². The first-order valence-corrected chi connectivity index (χ1v) is 33.0. The van der Waals surface area contributed by atoms with Gasteiger partial charge in [0, 0.05) is 0 Å². The van der Waals surface area contributed by atoms with Crippen LogP contribution in [0.25, 0.3) is 0 Å². The SMILES string of the molecule is C=CCCCCC.CCCCCCCC[SiH](O[Si](C)(C)C)O[Si](C)(C)C.C[SiH](O[Si](C)(C)C)O[Si](C)(C)C. The van der Waals surface area contributed by atoms with Crippen LogP contribution in [0, 0.1) is 0 Å². The number of rotatable bonds is 19. The fourth-order valence-electron chi connectivity index (χ4n) is 3.58. The van der Waals surface area contributed by atoms with Gasteiger partial charge in [0.15, 0.2) is 33.3 Å². The van der Waals surface area contributed by atoms with Crippen molar-refractivity contribution in [1.29, 1.82) is 0 Å². The zero-order valence-corrected chi connectivity index (χ0v) is 35.2. The van der Waals surface area contributed by atoms with E-state index in [0.717, 1.165) is 0 Å². The largest absolute Gasteiger partial charge is 0.439 e. The molecule has 0 rings (SSSR count). The van der Waals surface area contributed by atoms with Gasteiger partial charge in [-0.15, -0.1) is 6.58 Å². The maximum absolute atomic E-state index is 6.33. The van der Waals surface area contributed by atoms with E-state index in [2.05, 4.69) is 106 Å². The lowest BCUT2D eigenvalue weighted by atomic mass is 10.1. The van der Waals surface area contributed by atoms with E-state index in [4.69, 9.17) is 16.5 Å². The van der Waals surface area contributed by atoms with Gasteiger partial charge in [-0.1, -0.05) is 71.3 Å². The molecule has 10 heteroatoms. The van der Waals surface area contributed by atoms with E-state index in [-0.39, 0.29) is 0 Å². The average Bonchev–Trinajstić information content (AvgIpc) is 2.66. The van der Waals surface area contributed by atoms with Crippen LogP contribution in [-0.4, -0.2) is 51.8 Å². The Morgan fingerprint density at radius 3 is 1.21 bits per heavy atom. The molecule has 0 saturated heterocycles. The highest BCUT2D eigenvalue weighted by Gasteiger charge is 2.28. The molecule has 0 bridgehead atoms. The van der Waals surface area contributed by atoms with Crippen LogP contribution in [0.2, 0.25) is 91.2 Å². The monoisotopic (exact) mass is 640 g/mol. The first-order chi connectivity index (χ1) is 17.2. The van der Waals surface area contributed by atoms with Gasteiger partial charge in [-0.05, 0) is 104 Å². The van der Waals surface area contributed by atoms with Crippen LogP contribution >= 0.6 is 0 Å². The molecule has 232 valence electrons. The second-order valence-corrected chi connectivity index (χ2v) is 37.5. The van der Waals surface area contributed by atoms with E-state index in [1.807, 2.05) is 6.08 Å². The molecule has 0 saturated carbocycles. The van der Waals surface area contributed by atoms with Gasteiger partial charge >= 0.3 is 9.28 Å². The van der Waals surface area contributed by atoms with Gasteiger partial charge < -0.3 is 16.5 Å². The minimum atomic E-state index is -1.44. The summed E-state index contributed by atoms with van der Waals surface area (Å²) in [5.74, 6) is 0. The van der Waals surface area contributed by atoms with Crippen LogP contribution in [0.5, 0.6) is 0 Å². The van der Waals surface area contributed by atoms with Crippen molar-refractivity contribution < 1.29 is 16.5 Å². The van der Waals surface area contributed by atoms with Gasteiger partial charge in [0.25, 0.3) is 9.28 Å². The molecule has 0 aromatic carbocycles. The Morgan fingerprint density at radius 2 is 0.868 bits per heavy atom. The fraction of sp³-hybridized carbons (Fsp3) is 0.929. The summed E-state index contributed by atoms with van der Waals surface area (Å²) in [6, 6.07) is 1.21. The maximum atomic E-state index is 6.33. The molecular formula is C28H72O4Si6. The lowest BCUT2D eigenvalue weighted by molar-refractivity contribution is 0.413. The van der Waals surface area contributed by atoms with E-state index in [0.29, 0.717) is 0 Å². The lowest BCUT2D eigenvalue weighted by Gasteiger charge is -2.30. The number of unbranched alkanes of at least 4 members (excludes halogenated alkanes) is 8. The Kier molecular flexibility index (Phi) is 26.7. The summed E-state index contributed by atoms with van der Waals surface area (Å²) in [6.07, 6.45) is 15.3. The second kappa shape index (κ2) is 23.4. The quantitative estimate of drug-likeness (QED) is 0.0799. The summed E-state index contributed by atoms with van der Waals surface area (Å²) in [4.78, 5) is 0. The van der Waals surface area contributed by atoms with Crippen molar-refractivity contribution in [3.05, 3.63) is 12.7 Å². The number of hydrogen-bond donors (Lipinski definition) is 0. The molecule has 0 unspecified atom stereocenters. The summed E-state index contributed by atoms with van der Waals surface area (Å²) >= 11 is 0. The third kappa shape index (κ3) is 43.9. The zero-order chi connectivity index (χ0) is 30.5. The highest BCUT2D eigenvalue weighted by atomic mass is 28.5. The molecule has 0 atom stereocenters. The van der Waals surface area contributed by atoms with Gasteiger partial charge in [0.1, 0.15) is 0 Å². The number of hydrogen-bond acceptors (Lipinski definition) is 4. The maximum Gasteiger partial charge on any atom is 0.300 e.